The van der Waals surface area contributed by atoms with Crippen LogP contribution in [0.2, 0.25) is 0 Å². The summed E-state index contributed by atoms with van der Waals surface area (Å²) < 4.78 is 5.83. The molecule has 0 bridgehead atoms. The Morgan fingerprint density at radius 3 is 2.69 bits per heavy atom. The largest absolute Gasteiger partial charge is 0.378 e. The Morgan fingerprint density at radius 2 is 2.06 bits per heavy atom. The number of hydrogen-bond donors (Lipinski definition) is 1. The van der Waals surface area contributed by atoms with Crippen LogP contribution < -0.4 is 5.32 Å². The van der Waals surface area contributed by atoms with E-state index in [-0.39, 0.29) is 0 Å². The van der Waals surface area contributed by atoms with Crippen LogP contribution in [0, 0.1) is 17.8 Å². The molecule has 0 amide bonds. The second-order valence-corrected chi connectivity index (χ2v) is 6.05. The molecule has 1 saturated heterocycles. The lowest BCUT2D eigenvalue weighted by Crippen LogP contribution is -2.38. The van der Waals surface area contributed by atoms with Gasteiger partial charge in [-0.3, -0.25) is 0 Å². The van der Waals surface area contributed by atoms with Crippen molar-refractivity contribution in [1.29, 1.82) is 0 Å². The van der Waals surface area contributed by atoms with Crippen molar-refractivity contribution in [2.75, 3.05) is 13.2 Å². The predicted molar refractivity (Wildman–Crippen MR) is 67.5 cm³/mol. The summed E-state index contributed by atoms with van der Waals surface area (Å²) >= 11 is 0. The average Bonchev–Trinajstić information content (AvgIpc) is 2.83. The van der Waals surface area contributed by atoms with E-state index >= 15 is 0 Å². The lowest BCUT2D eigenvalue weighted by atomic mass is 9.92. The Bertz CT molecular complexity index is 217. The lowest BCUT2D eigenvalue weighted by molar-refractivity contribution is 0.0531. The molecular formula is C14H27NO. The van der Waals surface area contributed by atoms with E-state index in [1.807, 2.05) is 0 Å². The highest BCUT2D eigenvalue weighted by Gasteiger charge is 2.32. The van der Waals surface area contributed by atoms with Crippen LogP contribution in [0.5, 0.6) is 0 Å². The van der Waals surface area contributed by atoms with Gasteiger partial charge >= 0.3 is 0 Å². The van der Waals surface area contributed by atoms with Gasteiger partial charge in [-0.2, -0.15) is 0 Å². The first-order valence-electron chi connectivity index (χ1n) is 7.03. The second kappa shape index (κ2) is 5.50. The van der Waals surface area contributed by atoms with E-state index in [0.29, 0.717) is 12.0 Å². The maximum atomic E-state index is 5.83. The molecule has 0 aromatic carbocycles. The van der Waals surface area contributed by atoms with Crippen molar-refractivity contribution in [2.24, 2.45) is 17.8 Å². The SMILES string of the molecule is CC(C)C1OCCC1CNC1CCCC1C. The third kappa shape index (κ3) is 2.78. The minimum atomic E-state index is 0.490. The average molecular weight is 225 g/mol. The van der Waals surface area contributed by atoms with Gasteiger partial charge in [0.15, 0.2) is 0 Å². The fourth-order valence-corrected chi connectivity index (χ4v) is 3.36. The summed E-state index contributed by atoms with van der Waals surface area (Å²) in [5.74, 6) is 2.28. The highest BCUT2D eigenvalue weighted by Crippen LogP contribution is 2.28. The number of hydrogen-bond acceptors (Lipinski definition) is 2. The Hall–Kier alpha value is -0.0800. The molecule has 1 heterocycles. The van der Waals surface area contributed by atoms with Crippen LogP contribution in [0.4, 0.5) is 0 Å². The van der Waals surface area contributed by atoms with Crippen LogP contribution in [0.15, 0.2) is 0 Å². The molecule has 0 radical (unpaired) electrons. The molecular weight excluding hydrogens is 198 g/mol. The van der Waals surface area contributed by atoms with Crippen molar-refractivity contribution in [3.05, 3.63) is 0 Å². The van der Waals surface area contributed by atoms with Crippen LogP contribution in [-0.4, -0.2) is 25.3 Å². The third-order valence-electron chi connectivity index (χ3n) is 4.42. The van der Waals surface area contributed by atoms with Crippen molar-refractivity contribution in [3.8, 4) is 0 Å². The van der Waals surface area contributed by atoms with Crippen molar-refractivity contribution in [2.45, 2.75) is 58.6 Å². The lowest BCUT2D eigenvalue weighted by Gasteiger charge is -2.25. The van der Waals surface area contributed by atoms with Crippen LogP contribution in [0.3, 0.4) is 0 Å². The van der Waals surface area contributed by atoms with Gasteiger partial charge in [0.1, 0.15) is 0 Å². The Balaban J connectivity index is 1.76. The van der Waals surface area contributed by atoms with E-state index in [4.69, 9.17) is 4.74 Å². The van der Waals surface area contributed by atoms with E-state index in [2.05, 4.69) is 26.1 Å². The summed E-state index contributed by atoms with van der Waals surface area (Å²) in [6, 6.07) is 0.772. The molecule has 16 heavy (non-hydrogen) atoms. The molecule has 2 rings (SSSR count). The molecule has 1 N–H and O–H groups in total. The van der Waals surface area contributed by atoms with Gasteiger partial charge in [-0.25, -0.2) is 0 Å². The molecule has 2 fully saturated rings. The van der Waals surface area contributed by atoms with E-state index < -0.39 is 0 Å². The fourth-order valence-electron chi connectivity index (χ4n) is 3.36. The highest BCUT2D eigenvalue weighted by molar-refractivity contribution is 4.85. The highest BCUT2D eigenvalue weighted by atomic mass is 16.5. The predicted octanol–water partition coefficient (Wildman–Crippen LogP) is 2.83. The number of rotatable bonds is 4. The maximum absolute atomic E-state index is 5.83. The van der Waals surface area contributed by atoms with Gasteiger partial charge in [0.25, 0.3) is 0 Å². The second-order valence-electron chi connectivity index (χ2n) is 6.05. The molecule has 4 unspecified atom stereocenters. The van der Waals surface area contributed by atoms with Gasteiger partial charge in [-0.15, -0.1) is 0 Å². The van der Waals surface area contributed by atoms with Crippen LogP contribution in [0.25, 0.3) is 0 Å². The van der Waals surface area contributed by atoms with E-state index in [1.54, 1.807) is 0 Å². The quantitative estimate of drug-likeness (QED) is 0.794. The summed E-state index contributed by atoms with van der Waals surface area (Å²) in [6.07, 6.45) is 5.93. The molecule has 2 aliphatic rings. The molecule has 4 atom stereocenters. The third-order valence-corrected chi connectivity index (χ3v) is 4.42. The van der Waals surface area contributed by atoms with Crippen molar-refractivity contribution in [3.63, 3.8) is 0 Å². The van der Waals surface area contributed by atoms with Crippen LogP contribution >= 0.6 is 0 Å². The van der Waals surface area contributed by atoms with Crippen molar-refractivity contribution >= 4 is 0 Å². The van der Waals surface area contributed by atoms with Gasteiger partial charge in [0.05, 0.1) is 6.10 Å². The monoisotopic (exact) mass is 225 g/mol. The minimum Gasteiger partial charge on any atom is -0.378 e. The summed E-state index contributed by atoms with van der Waals surface area (Å²) in [7, 11) is 0. The topological polar surface area (TPSA) is 21.3 Å². The summed E-state index contributed by atoms with van der Waals surface area (Å²) in [4.78, 5) is 0. The molecule has 2 heteroatoms. The summed E-state index contributed by atoms with van der Waals surface area (Å²) in [5, 5.41) is 3.78. The summed E-state index contributed by atoms with van der Waals surface area (Å²) in [6.45, 7) is 9.07. The Kier molecular flexibility index (Phi) is 4.26. The first-order chi connectivity index (χ1) is 7.68. The van der Waals surface area contributed by atoms with Crippen LogP contribution in [0.1, 0.15) is 46.5 Å². The molecule has 1 aliphatic heterocycles. The molecule has 0 aromatic heterocycles. The standard InChI is InChI=1S/C14H27NO/c1-10(2)14-12(7-8-16-14)9-15-13-6-4-5-11(13)3/h10-15H,4-9H2,1-3H3. The molecule has 1 aliphatic carbocycles. The van der Waals surface area contributed by atoms with E-state index in [9.17, 15) is 0 Å². The van der Waals surface area contributed by atoms with Gasteiger partial charge in [0.2, 0.25) is 0 Å². The van der Waals surface area contributed by atoms with Gasteiger partial charge < -0.3 is 10.1 Å². The zero-order valence-corrected chi connectivity index (χ0v) is 11.0. The molecule has 0 spiro atoms. The maximum Gasteiger partial charge on any atom is 0.0639 e. The Labute approximate surface area is 100 Å². The zero-order chi connectivity index (χ0) is 11.5. The van der Waals surface area contributed by atoms with Crippen molar-refractivity contribution in [1.82, 2.24) is 5.32 Å². The Morgan fingerprint density at radius 1 is 1.25 bits per heavy atom. The minimum absolute atomic E-state index is 0.490. The smallest absolute Gasteiger partial charge is 0.0639 e. The first-order valence-corrected chi connectivity index (χ1v) is 7.03. The molecule has 1 saturated carbocycles. The van der Waals surface area contributed by atoms with E-state index in [0.717, 1.165) is 31.0 Å². The molecule has 94 valence electrons. The van der Waals surface area contributed by atoms with E-state index in [1.165, 1.54) is 25.7 Å². The van der Waals surface area contributed by atoms with Gasteiger partial charge in [0, 0.05) is 19.2 Å². The van der Waals surface area contributed by atoms with Crippen LogP contribution in [-0.2, 0) is 4.74 Å². The summed E-state index contributed by atoms with van der Waals surface area (Å²) in [5.41, 5.74) is 0. The first kappa shape index (κ1) is 12.4. The van der Waals surface area contributed by atoms with Crippen molar-refractivity contribution < 1.29 is 4.74 Å². The number of nitrogens with one attached hydrogen (secondary N) is 1. The molecule has 2 nitrogen and oxygen atoms in total. The van der Waals surface area contributed by atoms with Gasteiger partial charge in [-0.05, 0) is 37.0 Å². The normalized spacial score (nSPS) is 39.8. The molecule has 0 aromatic rings. The number of ether oxygens (including phenoxy) is 1. The fraction of sp³-hybridized carbons (Fsp3) is 1.00. The van der Waals surface area contributed by atoms with Gasteiger partial charge in [-0.1, -0.05) is 27.2 Å². The zero-order valence-electron chi connectivity index (χ0n) is 11.0.